The number of carbonyl (C=O) groups excluding carboxylic acids is 2. The summed E-state index contributed by atoms with van der Waals surface area (Å²) >= 11 is 0. The summed E-state index contributed by atoms with van der Waals surface area (Å²) in [5, 5.41) is 2.91. The van der Waals surface area contributed by atoms with Crippen LogP contribution in [-0.4, -0.2) is 52.9 Å². The minimum atomic E-state index is -0.368. The van der Waals surface area contributed by atoms with Crippen molar-refractivity contribution in [2.24, 2.45) is 5.92 Å². The van der Waals surface area contributed by atoms with E-state index in [9.17, 15) is 9.59 Å². The molecule has 0 aliphatic carbocycles. The maximum atomic E-state index is 12.8. The van der Waals surface area contributed by atoms with E-state index in [0.29, 0.717) is 26.2 Å². The smallest absolute Gasteiger partial charge is 0.274 e. The van der Waals surface area contributed by atoms with Gasteiger partial charge in [-0.2, -0.15) is 0 Å². The number of hydrogen-bond donors (Lipinski definition) is 1. The van der Waals surface area contributed by atoms with Crippen molar-refractivity contribution < 1.29 is 14.3 Å². The lowest BCUT2D eigenvalue weighted by Crippen LogP contribution is -2.39. The molecule has 1 aromatic heterocycles. The standard InChI is InChI=1S/C21H24N4O3/c26-20(24-13-15-12-16-6-2-3-7-17(16)28-14-15)18-19(23-9-8-22-18)21(27)25-10-4-1-5-11-25/h2-3,6-9,15H,1,4-5,10-14H2,(H,24,26)/t15-/m0/s1. The first-order valence-corrected chi connectivity index (χ1v) is 9.81. The SMILES string of the molecule is O=C(NC[C@H]1COc2ccccc2C1)c1nccnc1C(=O)N1CCCCC1. The van der Waals surface area contributed by atoms with E-state index in [-0.39, 0.29) is 29.1 Å². The molecule has 28 heavy (non-hydrogen) atoms. The van der Waals surface area contributed by atoms with Crippen LogP contribution >= 0.6 is 0 Å². The minimum Gasteiger partial charge on any atom is -0.493 e. The van der Waals surface area contributed by atoms with Gasteiger partial charge in [0.25, 0.3) is 11.8 Å². The van der Waals surface area contributed by atoms with Gasteiger partial charge in [0.05, 0.1) is 6.61 Å². The van der Waals surface area contributed by atoms with Crippen LogP contribution in [-0.2, 0) is 6.42 Å². The summed E-state index contributed by atoms with van der Waals surface area (Å²) in [7, 11) is 0. The highest BCUT2D eigenvalue weighted by atomic mass is 16.5. The van der Waals surface area contributed by atoms with E-state index in [1.807, 2.05) is 24.3 Å². The van der Waals surface area contributed by atoms with E-state index in [1.54, 1.807) is 4.90 Å². The molecule has 0 saturated carbocycles. The van der Waals surface area contributed by atoms with E-state index >= 15 is 0 Å². The molecule has 0 spiro atoms. The Morgan fingerprint density at radius 3 is 2.64 bits per heavy atom. The number of likely N-dealkylation sites (tertiary alicyclic amines) is 1. The van der Waals surface area contributed by atoms with E-state index in [2.05, 4.69) is 15.3 Å². The highest BCUT2D eigenvalue weighted by Gasteiger charge is 2.26. The van der Waals surface area contributed by atoms with Gasteiger partial charge in [-0.3, -0.25) is 9.59 Å². The Morgan fingerprint density at radius 2 is 1.82 bits per heavy atom. The number of carbonyl (C=O) groups is 2. The van der Waals surface area contributed by atoms with Gasteiger partial charge in [0.2, 0.25) is 0 Å². The fourth-order valence-corrected chi connectivity index (χ4v) is 3.75. The number of hydrogen-bond acceptors (Lipinski definition) is 5. The van der Waals surface area contributed by atoms with E-state index < -0.39 is 0 Å². The number of nitrogens with one attached hydrogen (secondary N) is 1. The molecular formula is C21H24N4O3. The van der Waals surface area contributed by atoms with Crippen LogP contribution in [0.4, 0.5) is 0 Å². The first-order chi connectivity index (χ1) is 13.7. The Balaban J connectivity index is 1.41. The zero-order valence-electron chi connectivity index (χ0n) is 15.8. The van der Waals surface area contributed by atoms with Crippen LogP contribution < -0.4 is 10.1 Å². The van der Waals surface area contributed by atoms with Crippen LogP contribution in [0.2, 0.25) is 0 Å². The predicted octanol–water partition coefficient (Wildman–Crippen LogP) is 2.08. The minimum absolute atomic E-state index is 0.0928. The second-order valence-corrected chi connectivity index (χ2v) is 7.31. The van der Waals surface area contributed by atoms with Gasteiger partial charge in [-0.15, -0.1) is 0 Å². The van der Waals surface area contributed by atoms with E-state index in [0.717, 1.165) is 37.0 Å². The molecule has 7 nitrogen and oxygen atoms in total. The molecule has 0 bridgehead atoms. The number of nitrogens with zero attached hydrogens (tertiary/aromatic N) is 3. The monoisotopic (exact) mass is 380 g/mol. The first kappa shape index (κ1) is 18.4. The lowest BCUT2D eigenvalue weighted by Gasteiger charge is -2.27. The Bertz CT molecular complexity index is 864. The highest BCUT2D eigenvalue weighted by molar-refractivity contribution is 6.04. The van der Waals surface area contributed by atoms with Gasteiger partial charge in [-0.05, 0) is 37.3 Å². The van der Waals surface area contributed by atoms with Gasteiger partial charge in [0.15, 0.2) is 11.4 Å². The van der Waals surface area contributed by atoms with Crippen molar-refractivity contribution in [1.29, 1.82) is 0 Å². The van der Waals surface area contributed by atoms with Crippen molar-refractivity contribution >= 4 is 11.8 Å². The third-order valence-electron chi connectivity index (χ3n) is 5.27. The van der Waals surface area contributed by atoms with Gasteiger partial charge >= 0.3 is 0 Å². The third-order valence-corrected chi connectivity index (χ3v) is 5.27. The summed E-state index contributed by atoms with van der Waals surface area (Å²) in [5.74, 6) is 0.505. The van der Waals surface area contributed by atoms with Crippen LogP contribution in [0.1, 0.15) is 45.8 Å². The van der Waals surface area contributed by atoms with Gasteiger partial charge < -0.3 is 15.0 Å². The number of rotatable bonds is 4. The second kappa shape index (κ2) is 8.37. The van der Waals surface area contributed by atoms with Crippen LogP contribution in [0.3, 0.4) is 0 Å². The largest absolute Gasteiger partial charge is 0.493 e. The first-order valence-electron chi connectivity index (χ1n) is 9.81. The fourth-order valence-electron chi connectivity index (χ4n) is 3.75. The molecule has 0 radical (unpaired) electrons. The molecule has 146 valence electrons. The predicted molar refractivity (Wildman–Crippen MR) is 103 cm³/mol. The van der Waals surface area contributed by atoms with E-state index in [1.165, 1.54) is 12.4 Å². The molecule has 3 heterocycles. The van der Waals surface area contributed by atoms with Crippen molar-refractivity contribution in [3.8, 4) is 5.75 Å². The Kier molecular flexibility index (Phi) is 5.50. The molecule has 2 aliphatic rings. The van der Waals surface area contributed by atoms with Gasteiger partial charge in [-0.25, -0.2) is 9.97 Å². The van der Waals surface area contributed by atoms with Gasteiger partial charge in [-0.1, -0.05) is 18.2 Å². The van der Waals surface area contributed by atoms with Gasteiger partial charge in [0.1, 0.15) is 5.75 Å². The number of benzene rings is 1. The molecular weight excluding hydrogens is 356 g/mol. The van der Waals surface area contributed by atoms with Crippen molar-refractivity contribution in [2.75, 3.05) is 26.2 Å². The lowest BCUT2D eigenvalue weighted by molar-refractivity contribution is 0.0710. The number of fused-ring (bicyclic) bond motifs is 1. The molecule has 1 saturated heterocycles. The molecule has 1 N–H and O–H groups in total. The fraction of sp³-hybridized carbons (Fsp3) is 0.429. The summed E-state index contributed by atoms with van der Waals surface area (Å²) in [6.07, 6.45) is 6.84. The van der Waals surface area contributed by atoms with Crippen LogP contribution in [0.5, 0.6) is 5.75 Å². The molecule has 0 unspecified atom stereocenters. The maximum Gasteiger partial charge on any atom is 0.274 e. The van der Waals surface area contributed by atoms with Crippen molar-refractivity contribution in [3.05, 3.63) is 53.6 Å². The lowest BCUT2D eigenvalue weighted by atomic mass is 9.97. The van der Waals surface area contributed by atoms with Crippen molar-refractivity contribution in [3.63, 3.8) is 0 Å². The quantitative estimate of drug-likeness (QED) is 0.878. The van der Waals surface area contributed by atoms with E-state index in [4.69, 9.17) is 4.74 Å². The molecule has 1 aromatic carbocycles. The highest BCUT2D eigenvalue weighted by Crippen LogP contribution is 2.26. The second-order valence-electron chi connectivity index (χ2n) is 7.31. The van der Waals surface area contributed by atoms with Crippen molar-refractivity contribution in [2.45, 2.75) is 25.7 Å². The summed E-state index contributed by atoms with van der Waals surface area (Å²) in [5.41, 5.74) is 1.37. The molecule has 1 atom stereocenters. The third kappa shape index (κ3) is 3.98. The number of para-hydroxylation sites is 1. The maximum absolute atomic E-state index is 12.8. The number of piperidine rings is 1. The van der Waals surface area contributed by atoms with Crippen LogP contribution in [0.25, 0.3) is 0 Å². The normalized spacial score (nSPS) is 18.7. The summed E-state index contributed by atoms with van der Waals surface area (Å²) in [4.78, 5) is 35.6. The number of aromatic nitrogens is 2. The van der Waals surface area contributed by atoms with Crippen LogP contribution in [0.15, 0.2) is 36.7 Å². The zero-order chi connectivity index (χ0) is 19.3. The molecule has 2 aromatic rings. The van der Waals surface area contributed by atoms with Crippen molar-refractivity contribution in [1.82, 2.24) is 20.2 Å². The molecule has 2 amide bonds. The Morgan fingerprint density at radius 1 is 1.07 bits per heavy atom. The molecule has 4 rings (SSSR count). The van der Waals surface area contributed by atoms with Crippen LogP contribution in [0, 0.1) is 5.92 Å². The Labute approximate surface area is 164 Å². The molecule has 2 aliphatic heterocycles. The average molecular weight is 380 g/mol. The average Bonchev–Trinajstić information content (AvgIpc) is 2.77. The topological polar surface area (TPSA) is 84.4 Å². The Hall–Kier alpha value is -2.96. The molecule has 1 fully saturated rings. The summed E-state index contributed by atoms with van der Waals surface area (Å²) in [6, 6.07) is 7.95. The summed E-state index contributed by atoms with van der Waals surface area (Å²) in [6.45, 7) is 2.42. The molecule has 7 heteroatoms. The van der Waals surface area contributed by atoms with Gasteiger partial charge in [0, 0.05) is 37.9 Å². The number of amides is 2. The number of ether oxygens (including phenoxy) is 1. The summed E-state index contributed by atoms with van der Waals surface area (Å²) < 4.78 is 5.78. The zero-order valence-corrected chi connectivity index (χ0v) is 15.8.